The summed E-state index contributed by atoms with van der Waals surface area (Å²) in [5.41, 5.74) is 1.77. The summed E-state index contributed by atoms with van der Waals surface area (Å²) >= 11 is 0. The van der Waals surface area contributed by atoms with Crippen LogP contribution in [0.25, 0.3) is 0 Å². The molecular formula is C17H22N2O2. The molecule has 1 aliphatic carbocycles. The van der Waals surface area contributed by atoms with Crippen molar-refractivity contribution in [1.29, 1.82) is 0 Å². The van der Waals surface area contributed by atoms with Gasteiger partial charge in [-0.3, -0.25) is 9.59 Å². The van der Waals surface area contributed by atoms with E-state index in [2.05, 4.69) is 19.2 Å². The molecule has 3 unspecified atom stereocenters. The molecule has 21 heavy (non-hydrogen) atoms. The number of benzene rings is 1. The number of carbonyl (C=O) groups excluding carboxylic acids is 2. The van der Waals surface area contributed by atoms with Crippen LogP contribution in [0.2, 0.25) is 0 Å². The van der Waals surface area contributed by atoms with Crippen molar-refractivity contribution in [2.24, 2.45) is 11.8 Å². The molecular weight excluding hydrogens is 264 g/mol. The SMILES string of the molecule is CCNC(C)c1ccccc1N1C(=O)C2CCCC2C1=O. The van der Waals surface area contributed by atoms with Crippen molar-refractivity contribution in [3.8, 4) is 0 Å². The molecule has 2 amide bonds. The van der Waals surface area contributed by atoms with Crippen LogP contribution in [0.1, 0.15) is 44.7 Å². The second kappa shape index (κ2) is 5.60. The Balaban J connectivity index is 1.97. The fraction of sp³-hybridized carbons (Fsp3) is 0.529. The minimum absolute atomic E-state index is 0.00125. The van der Waals surface area contributed by atoms with Crippen molar-refractivity contribution in [1.82, 2.24) is 5.32 Å². The molecule has 1 saturated carbocycles. The summed E-state index contributed by atoms with van der Waals surface area (Å²) in [6.45, 7) is 4.96. The highest BCUT2D eigenvalue weighted by molar-refractivity contribution is 6.22. The van der Waals surface area contributed by atoms with Crippen LogP contribution in [0, 0.1) is 11.8 Å². The van der Waals surface area contributed by atoms with Gasteiger partial charge in [0.1, 0.15) is 0 Å². The van der Waals surface area contributed by atoms with Gasteiger partial charge >= 0.3 is 0 Å². The lowest BCUT2D eigenvalue weighted by Gasteiger charge is -2.23. The van der Waals surface area contributed by atoms with E-state index in [1.807, 2.05) is 24.3 Å². The molecule has 0 bridgehead atoms. The van der Waals surface area contributed by atoms with Gasteiger partial charge in [0.2, 0.25) is 11.8 Å². The maximum atomic E-state index is 12.6. The fourth-order valence-electron chi connectivity index (χ4n) is 3.70. The first kappa shape index (κ1) is 14.3. The Bertz CT molecular complexity index is 548. The highest BCUT2D eigenvalue weighted by atomic mass is 16.2. The van der Waals surface area contributed by atoms with Gasteiger partial charge in [-0.15, -0.1) is 0 Å². The number of fused-ring (bicyclic) bond motifs is 1. The van der Waals surface area contributed by atoms with Gasteiger partial charge in [0.25, 0.3) is 0 Å². The minimum atomic E-state index is -0.0833. The molecule has 1 saturated heterocycles. The number of nitrogens with one attached hydrogen (secondary N) is 1. The Morgan fingerprint density at radius 2 is 1.81 bits per heavy atom. The average molecular weight is 286 g/mol. The zero-order chi connectivity index (χ0) is 15.0. The Morgan fingerprint density at radius 3 is 2.43 bits per heavy atom. The van der Waals surface area contributed by atoms with E-state index in [4.69, 9.17) is 0 Å². The molecule has 3 rings (SSSR count). The highest BCUT2D eigenvalue weighted by Gasteiger charge is 2.50. The molecule has 4 nitrogen and oxygen atoms in total. The number of rotatable bonds is 4. The van der Waals surface area contributed by atoms with Gasteiger partial charge in [-0.25, -0.2) is 4.90 Å². The second-order valence-corrected chi connectivity index (χ2v) is 5.99. The number of hydrogen-bond donors (Lipinski definition) is 1. The molecule has 0 radical (unpaired) electrons. The third kappa shape index (κ3) is 2.27. The molecule has 1 aromatic carbocycles. The topological polar surface area (TPSA) is 49.4 Å². The number of amides is 2. The van der Waals surface area contributed by atoms with Gasteiger partial charge in [-0.2, -0.15) is 0 Å². The van der Waals surface area contributed by atoms with Crippen molar-refractivity contribution >= 4 is 17.5 Å². The van der Waals surface area contributed by atoms with Crippen LogP contribution in [0.3, 0.4) is 0 Å². The second-order valence-electron chi connectivity index (χ2n) is 5.99. The Hall–Kier alpha value is -1.68. The first-order valence-electron chi connectivity index (χ1n) is 7.85. The highest BCUT2D eigenvalue weighted by Crippen LogP contribution is 2.42. The van der Waals surface area contributed by atoms with Gasteiger partial charge in [0.15, 0.2) is 0 Å². The quantitative estimate of drug-likeness (QED) is 0.866. The Kier molecular flexibility index (Phi) is 3.81. The summed E-state index contributed by atoms with van der Waals surface area (Å²) < 4.78 is 0. The van der Waals surface area contributed by atoms with Crippen molar-refractivity contribution in [2.45, 2.75) is 39.2 Å². The lowest BCUT2D eigenvalue weighted by Crippen LogP contribution is -2.33. The third-order valence-electron chi connectivity index (χ3n) is 4.75. The smallest absolute Gasteiger partial charge is 0.237 e. The average Bonchev–Trinajstić information content (AvgIpc) is 3.04. The summed E-state index contributed by atoms with van der Waals surface area (Å²) in [5.74, 6) is -0.169. The van der Waals surface area contributed by atoms with Crippen LogP contribution in [-0.4, -0.2) is 18.4 Å². The molecule has 1 aliphatic heterocycles. The monoisotopic (exact) mass is 286 g/mol. The van der Waals surface area contributed by atoms with E-state index in [-0.39, 0.29) is 29.7 Å². The van der Waals surface area contributed by atoms with Gasteiger partial charge < -0.3 is 5.32 Å². The van der Waals surface area contributed by atoms with Crippen molar-refractivity contribution < 1.29 is 9.59 Å². The first-order valence-corrected chi connectivity index (χ1v) is 7.85. The standard InChI is InChI=1S/C17H22N2O2/c1-3-18-11(2)12-7-4-5-10-15(12)19-16(20)13-8-6-9-14(13)17(19)21/h4-5,7,10-11,13-14,18H,3,6,8-9H2,1-2H3. The Morgan fingerprint density at radius 1 is 1.19 bits per heavy atom. The molecule has 2 aliphatic rings. The maximum absolute atomic E-state index is 12.6. The number of nitrogens with zero attached hydrogens (tertiary/aromatic N) is 1. The molecule has 3 atom stereocenters. The summed E-state index contributed by atoms with van der Waals surface area (Å²) in [4.78, 5) is 26.7. The number of para-hydroxylation sites is 1. The minimum Gasteiger partial charge on any atom is -0.310 e. The van der Waals surface area contributed by atoms with Crippen molar-refractivity contribution in [3.05, 3.63) is 29.8 Å². The van der Waals surface area contributed by atoms with Gasteiger partial charge in [-0.1, -0.05) is 31.5 Å². The van der Waals surface area contributed by atoms with E-state index >= 15 is 0 Å². The van der Waals surface area contributed by atoms with Crippen LogP contribution in [0.5, 0.6) is 0 Å². The van der Waals surface area contributed by atoms with Crippen LogP contribution in [0.15, 0.2) is 24.3 Å². The van der Waals surface area contributed by atoms with E-state index in [0.717, 1.165) is 37.1 Å². The molecule has 1 heterocycles. The summed E-state index contributed by atoms with van der Waals surface area (Å²) in [5, 5.41) is 3.36. The first-order chi connectivity index (χ1) is 10.1. The lowest BCUT2D eigenvalue weighted by molar-refractivity contribution is -0.122. The predicted molar refractivity (Wildman–Crippen MR) is 81.9 cm³/mol. The van der Waals surface area contributed by atoms with Crippen LogP contribution < -0.4 is 10.2 Å². The summed E-state index contributed by atoms with van der Waals surface area (Å²) in [6, 6.07) is 7.86. The number of carbonyl (C=O) groups is 2. The summed E-state index contributed by atoms with van der Waals surface area (Å²) in [7, 11) is 0. The number of anilines is 1. The molecule has 2 fully saturated rings. The van der Waals surface area contributed by atoms with Gasteiger partial charge in [0.05, 0.1) is 17.5 Å². The molecule has 4 heteroatoms. The summed E-state index contributed by atoms with van der Waals surface area (Å²) in [6.07, 6.45) is 2.71. The van der Waals surface area contributed by atoms with Crippen LogP contribution in [-0.2, 0) is 9.59 Å². The lowest BCUT2D eigenvalue weighted by atomic mass is 10.00. The molecule has 1 N–H and O–H groups in total. The Labute approximate surface area is 125 Å². The maximum Gasteiger partial charge on any atom is 0.237 e. The molecule has 112 valence electrons. The van der Waals surface area contributed by atoms with E-state index < -0.39 is 0 Å². The van der Waals surface area contributed by atoms with E-state index in [1.54, 1.807) is 0 Å². The molecule has 1 aromatic rings. The predicted octanol–water partition coefficient (Wildman–Crippen LogP) is 2.65. The normalized spacial score (nSPS) is 26.3. The zero-order valence-corrected chi connectivity index (χ0v) is 12.6. The van der Waals surface area contributed by atoms with Gasteiger partial charge in [0, 0.05) is 6.04 Å². The van der Waals surface area contributed by atoms with E-state index in [9.17, 15) is 9.59 Å². The van der Waals surface area contributed by atoms with E-state index in [1.165, 1.54) is 4.90 Å². The number of imide groups is 1. The molecule has 0 spiro atoms. The van der Waals surface area contributed by atoms with Crippen molar-refractivity contribution in [3.63, 3.8) is 0 Å². The molecule has 0 aromatic heterocycles. The number of hydrogen-bond acceptors (Lipinski definition) is 3. The zero-order valence-electron chi connectivity index (χ0n) is 12.6. The van der Waals surface area contributed by atoms with Crippen LogP contribution >= 0.6 is 0 Å². The van der Waals surface area contributed by atoms with Gasteiger partial charge in [-0.05, 0) is 37.9 Å². The van der Waals surface area contributed by atoms with Crippen LogP contribution in [0.4, 0.5) is 5.69 Å². The largest absolute Gasteiger partial charge is 0.310 e. The van der Waals surface area contributed by atoms with E-state index in [0.29, 0.717) is 0 Å². The third-order valence-corrected chi connectivity index (χ3v) is 4.75. The fourth-order valence-corrected chi connectivity index (χ4v) is 3.70. The van der Waals surface area contributed by atoms with Crippen molar-refractivity contribution in [2.75, 3.05) is 11.4 Å².